The zero-order chi connectivity index (χ0) is 14.1. The molecule has 4 aliphatic rings. The molecule has 0 amide bonds. The highest BCUT2D eigenvalue weighted by molar-refractivity contribution is 5.94. The predicted octanol–water partition coefficient (Wildman–Crippen LogP) is 2.98. The highest BCUT2D eigenvalue weighted by atomic mass is 16.1. The van der Waals surface area contributed by atoms with Crippen molar-refractivity contribution in [2.75, 3.05) is 6.54 Å². The number of hydrogen-bond acceptors (Lipinski definition) is 2. The molecule has 2 aromatic rings. The number of Topliss-reactive ketones (excluding diaryl/α,β-unsaturated/α-hetero) is 1. The van der Waals surface area contributed by atoms with Crippen LogP contribution in [0.15, 0.2) is 35.9 Å². The summed E-state index contributed by atoms with van der Waals surface area (Å²) >= 11 is 0. The lowest BCUT2D eigenvalue weighted by molar-refractivity contribution is -0.137. The van der Waals surface area contributed by atoms with Gasteiger partial charge in [-0.15, -0.1) is 0 Å². The van der Waals surface area contributed by atoms with Crippen LogP contribution in [0.2, 0.25) is 0 Å². The Bertz CT molecular complexity index is 801. The van der Waals surface area contributed by atoms with E-state index in [9.17, 15) is 4.79 Å². The molecule has 0 spiro atoms. The van der Waals surface area contributed by atoms with Crippen LogP contribution in [0.25, 0.3) is 10.9 Å². The first kappa shape index (κ1) is 11.8. The van der Waals surface area contributed by atoms with Crippen LogP contribution >= 0.6 is 0 Å². The van der Waals surface area contributed by atoms with Gasteiger partial charge in [-0.25, -0.2) is 0 Å². The highest BCUT2D eigenvalue weighted by Crippen LogP contribution is 2.50. The molecule has 0 saturated carbocycles. The van der Waals surface area contributed by atoms with Crippen LogP contribution in [0.3, 0.4) is 0 Å². The van der Waals surface area contributed by atoms with E-state index in [-0.39, 0.29) is 12.0 Å². The number of ketones is 1. The summed E-state index contributed by atoms with van der Waals surface area (Å²) in [5, 5.41) is 1.31. The van der Waals surface area contributed by atoms with E-state index in [1.54, 1.807) is 0 Å². The summed E-state index contributed by atoms with van der Waals surface area (Å²) < 4.78 is 0. The number of piperidine rings is 3. The summed E-state index contributed by atoms with van der Waals surface area (Å²) in [6, 6.07) is 8.99. The second kappa shape index (κ2) is 3.86. The molecule has 4 bridgehead atoms. The Morgan fingerprint density at radius 1 is 1.29 bits per heavy atom. The van der Waals surface area contributed by atoms with E-state index >= 15 is 0 Å². The second-order valence-electron chi connectivity index (χ2n) is 6.53. The summed E-state index contributed by atoms with van der Waals surface area (Å²) in [6.45, 7) is 3.03. The molecule has 1 aromatic heterocycles. The van der Waals surface area contributed by atoms with Crippen molar-refractivity contribution in [1.82, 2.24) is 9.88 Å². The highest BCUT2D eigenvalue weighted by Gasteiger charge is 2.52. The molecule has 106 valence electrons. The normalized spacial score (nSPS) is 35.5. The summed E-state index contributed by atoms with van der Waals surface area (Å²) in [4.78, 5) is 18.8. The maximum atomic E-state index is 12.7. The van der Waals surface area contributed by atoms with E-state index in [0.29, 0.717) is 11.8 Å². The van der Waals surface area contributed by atoms with Gasteiger partial charge in [-0.1, -0.05) is 24.3 Å². The quantitative estimate of drug-likeness (QED) is 0.752. The van der Waals surface area contributed by atoms with E-state index < -0.39 is 0 Å². The number of fused-ring (bicyclic) bond motifs is 4. The van der Waals surface area contributed by atoms with Crippen molar-refractivity contribution >= 4 is 16.7 Å². The Kier molecular flexibility index (Phi) is 2.16. The maximum Gasteiger partial charge on any atom is 0.157 e. The van der Waals surface area contributed by atoms with Crippen LogP contribution in [-0.2, 0) is 11.2 Å². The predicted molar refractivity (Wildman–Crippen MR) is 82.1 cm³/mol. The van der Waals surface area contributed by atoms with Crippen molar-refractivity contribution in [2.24, 2.45) is 5.92 Å². The molecule has 0 radical (unpaired) electrons. The number of nitrogens with one attached hydrogen (secondary N) is 1. The SMILES string of the molecule is CC=C1CN2C3Cc4c([nH]c5ccccc45)C2CC1C3=O. The van der Waals surface area contributed by atoms with Gasteiger partial charge >= 0.3 is 0 Å². The van der Waals surface area contributed by atoms with Crippen molar-refractivity contribution < 1.29 is 4.79 Å². The third-order valence-electron chi connectivity index (χ3n) is 5.69. The molecular weight excluding hydrogens is 260 g/mol. The molecule has 1 N–H and O–H groups in total. The fourth-order valence-corrected chi connectivity index (χ4v) is 4.68. The zero-order valence-electron chi connectivity index (χ0n) is 12.1. The number of rotatable bonds is 0. The largest absolute Gasteiger partial charge is 0.357 e. The monoisotopic (exact) mass is 278 g/mol. The van der Waals surface area contributed by atoms with Gasteiger partial charge in [0.25, 0.3) is 0 Å². The second-order valence-corrected chi connectivity index (χ2v) is 6.53. The minimum Gasteiger partial charge on any atom is -0.357 e. The number of nitrogens with zero attached hydrogens (tertiary/aromatic N) is 1. The first-order valence-corrected chi connectivity index (χ1v) is 7.82. The molecule has 4 aliphatic heterocycles. The molecule has 3 nitrogen and oxygen atoms in total. The minimum absolute atomic E-state index is 0.101. The molecule has 1 aromatic carbocycles. The standard InChI is InChI=1S/C18H18N2O/c1-2-10-9-20-15-7-12(10)18(21)16(20)8-13-11-5-3-4-6-14(11)19-17(13)15/h2-6,12,15-16,19H,7-9H2,1H3. The number of para-hydroxylation sites is 1. The van der Waals surface area contributed by atoms with Gasteiger partial charge in [0.15, 0.2) is 5.78 Å². The number of aromatic amines is 1. The Morgan fingerprint density at radius 3 is 3.00 bits per heavy atom. The molecule has 5 heterocycles. The van der Waals surface area contributed by atoms with Crippen molar-refractivity contribution in [3.8, 4) is 0 Å². The number of carbonyl (C=O) groups is 1. The van der Waals surface area contributed by atoms with Crippen molar-refractivity contribution in [1.29, 1.82) is 0 Å². The third-order valence-corrected chi connectivity index (χ3v) is 5.69. The van der Waals surface area contributed by atoms with Crippen LogP contribution < -0.4 is 0 Å². The number of H-pyrrole nitrogens is 1. The molecule has 3 heteroatoms. The van der Waals surface area contributed by atoms with Gasteiger partial charge in [-0.2, -0.15) is 0 Å². The summed E-state index contributed by atoms with van der Waals surface area (Å²) in [6.07, 6.45) is 3.98. The summed E-state index contributed by atoms with van der Waals surface area (Å²) in [7, 11) is 0. The molecule has 6 rings (SSSR count). The number of aromatic nitrogens is 1. The summed E-state index contributed by atoms with van der Waals surface area (Å²) in [5.41, 5.74) is 5.28. The fourth-order valence-electron chi connectivity index (χ4n) is 4.68. The Balaban J connectivity index is 1.72. The summed E-state index contributed by atoms with van der Waals surface area (Å²) in [5.74, 6) is 0.607. The van der Waals surface area contributed by atoms with Gasteiger partial charge < -0.3 is 4.98 Å². The van der Waals surface area contributed by atoms with E-state index in [2.05, 4.69) is 47.1 Å². The number of allylic oxidation sites excluding steroid dienone is 1. The molecule has 21 heavy (non-hydrogen) atoms. The van der Waals surface area contributed by atoms with Gasteiger partial charge in [0.05, 0.1) is 12.1 Å². The van der Waals surface area contributed by atoms with Gasteiger partial charge in [0, 0.05) is 29.1 Å². The van der Waals surface area contributed by atoms with Crippen molar-refractivity contribution in [2.45, 2.75) is 31.8 Å². The van der Waals surface area contributed by atoms with Gasteiger partial charge in [0.2, 0.25) is 0 Å². The van der Waals surface area contributed by atoms with Gasteiger partial charge in [0.1, 0.15) is 0 Å². The topological polar surface area (TPSA) is 36.1 Å². The Labute approximate surface area is 123 Å². The molecule has 3 fully saturated rings. The van der Waals surface area contributed by atoms with Crippen LogP contribution in [0, 0.1) is 5.92 Å². The fraction of sp³-hybridized carbons (Fsp3) is 0.389. The lowest BCUT2D eigenvalue weighted by Crippen LogP contribution is -2.60. The van der Waals surface area contributed by atoms with Crippen LogP contribution in [-0.4, -0.2) is 28.3 Å². The average Bonchev–Trinajstić information content (AvgIpc) is 2.89. The van der Waals surface area contributed by atoms with Crippen LogP contribution in [0.5, 0.6) is 0 Å². The minimum atomic E-state index is 0.101. The molecular formula is C18H18N2O. The van der Waals surface area contributed by atoms with E-state index in [0.717, 1.165) is 19.4 Å². The number of benzene rings is 1. The zero-order valence-corrected chi connectivity index (χ0v) is 12.1. The number of carbonyl (C=O) groups excluding carboxylic acids is 1. The van der Waals surface area contributed by atoms with Crippen LogP contribution in [0.4, 0.5) is 0 Å². The first-order valence-electron chi connectivity index (χ1n) is 7.82. The lowest BCUT2D eigenvalue weighted by Gasteiger charge is -2.53. The van der Waals surface area contributed by atoms with E-state index in [1.807, 2.05) is 0 Å². The number of hydrogen-bond donors (Lipinski definition) is 1. The molecule has 0 aliphatic carbocycles. The molecule has 3 saturated heterocycles. The Hall–Kier alpha value is -1.87. The third kappa shape index (κ3) is 1.35. The van der Waals surface area contributed by atoms with Crippen molar-refractivity contribution in [3.05, 3.63) is 47.2 Å². The van der Waals surface area contributed by atoms with Crippen molar-refractivity contribution in [3.63, 3.8) is 0 Å². The Morgan fingerprint density at radius 2 is 2.14 bits per heavy atom. The maximum absolute atomic E-state index is 12.7. The van der Waals surface area contributed by atoms with E-state index in [4.69, 9.17) is 0 Å². The van der Waals surface area contributed by atoms with Crippen LogP contribution in [0.1, 0.15) is 30.6 Å². The van der Waals surface area contributed by atoms with E-state index in [1.165, 1.54) is 27.7 Å². The smallest absolute Gasteiger partial charge is 0.157 e. The average molecular weight is 278 g/mol. The van der Waals surface area contributed by atoms with Gasteiger partial charge in [-0.3, -0.25) is 9.69 Å². The molecule has 4 atom stereocenters. The molecule has 4 unspecified atom stereocenters. The first-order chi connectivity index (χ1) is 10.3. The van der Waals surface area contributed by atoms with Gasteiger partial charge in [-0.05, 0) is 37.0 Å². The lowest BCUT2D eigenvalue weighted by atomic mass is 9.69.